The van der Waals surface area contributed by atoms with E-state index in [0.717, 1.165) is 29.7 Å². The van der Waals surface area contributed by atoms with E-state index in [0.29, 0.717) is 13.0 Å². The summed E-state index contributed by atoms with van der Waals surface area (Å²) in [5.41, 5.74) is 5.65. The number of halogens is 1. The van der Waals surface area contributed by atoms with E-state index in [2.05, 4.69) is 67.9 Å². The van der Waals surface area contributed by atoms with Crippen LogP contribution in [0.4, 0.5) is 0 Å². The summed E-state index contributed by atoms with van der Waals surface area (Å²) in [6, 6.07) is 14.2. The lowest BCUT2D eigenvalue weighted by molar-refractivity contribution is -0.151. The number of esters is 1. The van der Waals surface area contributed by atoms with Crippen LogP contribution in [-0.4, -0.2) is 35.0 Å². The van der Waals surface area contributed by atoms with Gasteiger partial charge in [-0.2, -0.15) is 0 Å². The lowest BCUT2D eigenvalue weighted by Crippen LogP contribution is -2.43. The molecular weight excluding hydrogens is 384 g/mol. The lowest BCUT2D eigenvalue weighted by Gasteiger charge is -2.28. The number of carbonyl (C=O) groups excluding carboxylic acids is 1. The van der Waals surface area contributed by atoms with Gasteiger partial charge in [-0.1, -0.05) is 61.4 Å². The predicted octanol–water partition coefficient (Wildman–Crippen LogP) is 5.20. The molecule has 1 aromatic heterocycles. The second kappa shape index (κ2) is 10.5. The Morgan fingerprint density at radius 3 is 2.38 bits per heavy atom. The van der Waals surface area contributed by atoms with Gasteiger partial charge in [0.05, 0.1) is 0 Å². The molecule has 0 aliphatic heterocycles. The third kappa shape index (κ3) is 5.62. The Hall–Kier alpha value is -2.30. The lowest BCUT2D eigenvalue weighted by atomic mass is 10.0. The average molecular weight is 415 g/mol. The molecule has 0 aliphatic rings. The highest BCUT2D eigenvalue weighted by Gasteiger charge is 2.27. The summed E-state index contributed by atoms with van der Waals surface area (Å²) in [4.78, 5) is 18.5. The molecule has 156 valence electrons. The van der Waals surface area contributed by atoms with E-state index in [1.165, 1.54) is 16.5 Å². The number of carbonyl (C=O) groups is 1. The zero-order valence-corrected chi connectivity index (χ0v) is 18.5. The molecule has 2 aromatic carbocycles. The SMILES string of the molecule is CCN(CC)C(Cc1c[nH]c2ccccc12)C(=O)OCc1cc(C)cc(C)c1.Cl. The molecule has 4 nitrogen and oxygen atoms in total. The minimum atomic E-state index is -0.292. The van der Waals surface area contributed by atoms with Crippen molar-refractivity contribution < 1.29 is 9.53 Å². The van der Waals surface area contributed by atoms with Crippen LogP contribution < -0.4 is 0 Å². The first kappa shape index (κ1) is 23.0. The van der Waals surface area contributed by atoms with Gasteiger partial charge in [-0.05, 0) is 44.1 Å². The first-order chi connectivity index (χ1) is 13.5. The minimum Gasteiger partial charge on any atom is -0.460 e. The van der Waals surface area contributed by atoms with Gasteiger partial charge >= 0.3 is 5.97 Å². The molecule has 0 saturated heterocycles. The minimum absolute atomic E-state index is 0. The second-order valence-electron chi connectivity index (χ2n) is 7.40. The molecule has 3 rings (SSSR count). The normalized spacial score (nSPS) is 12.0. The fraction of sp³-hybridized carbons (Fsp3) is 0.375. The molecule has 1 heterocycles. The summed E-state index contributed by atoms with van der Waals surface area (Å²) in [6.45, 7) is 10.2. The van der Waals surface area contributed by atoms with E-state index in [9.17, 15) is 4.79 Å². The van der Waals surface area contributed by atoms with Crippen LogP contribution >= 0.6 is 12.4 Å². The maximum Gasteiger partial charge on any atom is 0.324 e. The third-order valence-electron chi connectivity index (χ3n) is 5.28. The van der Waals surface area contributed by atoms with Crippen LogP contribution in [0.2, 0.25) is 0 Å². The molecule has 1 atom stereocenters. The first-order valence-electron chi connectivity index (χ1n) is 10.0. The number of nitrogens with zero attached hydrogens (tertiary/aromatic N) is 1. The molecule has 29 heavy (non-hydrogen) atoms. The van der Waals surface area contributed by atoms with Crippen molar-refractivity contribution in [3.63, 3.8) is 0 Å². The Bertz CT molecular complexity index is 927. The van der Waals surface area contributed by atoms with Crippen LogP contribution in [0.3, 0.4) is 0 Å². The molecule has 0 saturated carbocycles. The molecule has 0 fully saturated rings. The highest BCUT2D eigenvalue weighted by Crippen LogP contribution is 2.21. The first-order valence-corrected chi connectivity index (χ1v) is 10.0. The maximum atomic E-state index is 13.0. The summed E-state index contributed by atoms with van der Waals surface area (Å²) >= 11 is 0. The molecular formula is C24H31ClN2O2. The number of ether oxygens (including phenoxy) is 1. The van der Waals surface area contributed by atoms with Crippen molar-refractivity contribution in [2.45, 2.75) is 46.8 Å². The molecule has 5 heteroatoms. The standard InChI is InChI=1S/C24H30N2O2.ClH/c1-5-26(6-2)23(14-20-15-25-22-10-8-7-9-21(20)22)24(27)28-16-19-12-17(3)11-18(4)13-19;/h7-13,15,23,25H,5-6,14,16H2,1-4H3;1H. The zero-order valence-electron chi connectivity index (χ0n) is 17.7. The largest absolute Gasteiger partial charge is 0.460 e. The van der Waals surface area contributed by atoms with Crippen LogP contribution in [0.5, 0.6) is 0 Å². The van der Waals surface area contributed by atoms with Crippen molar-refractivity contribution in [3.8, 4) is 0 Å². The fourth-order valence-corrected chi connectivity index (χ4v) is 3.94. The van der Waals surface area contributed by atoms with Crippen LogP contribution in [0.25, 0.3) is 10.9 Å². The summed E-state index contributed by atoms with van der Waals surface area (Å²) in [6.07, 6.45) is 2.65. The van der Waals surface area contributed by atoms with E-state index in [-0.39, 0.29) is 24.4 Å². The molecule has 0 amide bonds. The molecule has 1 N–H and O–H groups in total. The Kier molecular flexibility index (Phi) is 8.30. The third-order valence-corrected chi connectivity index (χ3v) is 5.28. The summed E-state index contributed by atoms with van der Waals surface area (Å²) < 4.78 is 5.75. The number of fused-ring (bicyclic) bond motifs is 1. The summed E-state index contributed by atoms with van der Waals surface area (Å²) in [5.74, 6) is -0.159. The number of nitrogens with one attached hydrogen (secondary N) is 1. The Labute approximate surface area is 179 Å². The topological polar surface area (TPSA) is 45.3 Å². The molecule has 3 aromatic rings. The van der Waals surface area contributed by atoms with Crippen LogP contribution in [0.15, 0.2) is 48.7 Å². The van der Waals surface area contributed by atoms with Gasteiger partial charge in [0.15, 0.2) is 0 Å². The van der Waals surface area contributed by atoms with E-state index >= 15 is 0 Å². The zero-order chi connectivity index (χ0) is 20.1. The van der Waals surface area contributed by atoms with Crippen molar-refractivity contribution in [2.24, 2.45) is 0 Å². The monoisotopic (exact) mass is 414 g/mol. The van der Waals surface area contributed by atoms with Crippen LogP contribution in [0, 0.1) is 13.8 Å². The Morgan fingerprint density at radius 2 is 1.72 bits per heavy atom. The number of aryl methyl sites for hydroxylation is 2. The maximum absolute atomic E-state index is 13.0. The number of para-hydroxylation sites is 1. The van der Waals surface area contributed by atoms with Gasteiger partial charge in [0.25, 0.3) is 0 Å². The number of likely N-dealkylation sites (N-methyl/N-ethyl adjacent to an activating group) is 1. The molecule has 0 radical (unpaired) electrons. The highest BCUT2D eigenvalue weighted by molar-refractivity contribution is 5.85. The summed E-state index contributed by atoms with van der Waals surface area (Å²) in [5, 5.41) is 1.17. The van der Waals surface area contributed by atoms with Gasteiger partial charge in [0.2, 0.25) is 0 Å². The average Bonchev–Trinajstić information content (AvgIpc) is 3.08. The Morgan fingerprint density at radius 1 is 1.07 bits per heavy atom. The molecule has 0 bridgehead atoms. The van der Waals surface area contributed by atoms with E-state index in [1.807, 2.05) is 18.3 Å². The summed E-state index contributed by atoms with van der Waals surface area (Å²) in [7, 11) is 0. The number of rotatable bonds is 8. The van der Waals surface area contributed by atoms with Gasteiger partial charge < -0.3 is 9.72 Å². The number of hydrogen-bond acceptors (Lipinski definition) is 3. The van der Waals surface area contributed by atoms with Gasteiger partial charge in [-0.15, -0.1) is 12.4 Å². The smallest absolute Gasteiger partial charge is 0.324 e. The van der Waals surface area contributed by atoms with Gasteiger partial charge in [-0.3, -0.25) is 9.69 Å². The molecule has 0 spiro atoms. The van der Waals surface area contributed by atoms with Crippen molar-refractivity contribution in [2.75, 3.05) is 13.1 Å². The van der Waals surface area contributed by atoms with Gasteiger partial charge in [-0.25, -0.2) is 0 Å². The quantitative estimate of drug-likeness (QED) is 0.515. The van der Waals surface area contributed by atoms with Crippen molar-refractivity contribution in [1.29, 1.82) is 0 Å². The molecule has 0 aliphatic carbocycles. The van der Waals surface area contributed by atoms with E-state index in [1.54, 1.807) is 0 Å². The van der Waals surface area contributed by atoms with E-state index < -0.39 is 0 Å². The van der Waals surface area contributed by atoms with Crippen molar-refractivity contribution in [1.82, 2.24) is 9.88 Å². The van der Waals surface area contributed by atoms with Gasteiger partial charge in [0.1, 0.15) is 12.6 Å². The van der Waals surface area contributed by atoms with E-state index in [4.69, 9.17) is 4.74 Å². The predicted molar refractivity (Wildman–Crippen MR) is 122 cm³/mol. The number of aromatic amines is 1. The molecule has 1 unspecified atom stereocenters. The number of H-pyrrole nitrogens is 1. The number of aromatic nitrogens is 1. The van der Waals surface area contributed by atoms with Crippen LogP contribution in [-0.2, 0) is 22.6 Å². The van der Waals surface area contributed by atoms with Crippen molar-refractivity contribution in [3.05, 3.63) is 70.9 Å². The highest BCUT2D eigenvalue weighted by atomic mass is 35.5. The number of hydrogen-bond donors (Lipinski definition) is 1. The van der Waals surface area contributed by atoms with Crippen molar-refractivity contribution >= 4 is 29.3 Å². The van der Waals surface area contributed by atoms with Gasteiger partial charge in [0, 0.05) is 23.5 Å². The fourth-order valence-electron chi connectivity index (χ4n) is 3.94. The second-order valence-corrected chi connectivity index (χ2v) is 7.40. The van der Waals surface area contributed by atoms with Crippen LogP contribution in [0.1, 0.15) is 36.1 Å². The Balaban J connectivity index is 0.00000300. The number of benzene rings is 2.